The van der Waals surface area contributed by atoms with E-state index in [0.29, 0.717) is 9.39 Å². The Hall–Kier alpha value is -2.73. The number of nitrogens with zero attached hydrogens (tertiary/aromatic N) is 6. The van der Waals surface area contributed by atoms with E-state index in [1.165, 1.54) is 16.2 Å². The van der Waals surface area contributed by atoms with E-state index < -0.39 is 17.8 Å². The number of carbonyl (C=O) groups is 1. The van der Waals surface area contributed by atoms with Crippen molar-refractivity contribution in [1.82, 2.24) is 29.3 Å². The summed E-state index contributed by atoms with van der Waals surface area (Å²) in [6.07, 6.45) is -3.04. The van der Waals surface area contributed by atoms with E-state index >= 15 is 0 Å². The summed E-state index contributed by atoms with van der Waals surface area (Å²) >= 11 is 4.52. The summed E-state index contributed by atoms with van der Waals surface area (Å²) in [5.74, 6) is -0.536. The standard InChI is InChI=1S/C19H16BrF3N6OS/c1-10-11(8-24-28(10)3)9-27(2)18(30)16-15(20)17-25-12(13-5-4-6-31-13)7-14(19(21,22)23)29(17)26-16/h4-8H,9H2,1-3H3. The molecule has 12 heteroatoms. The van der Waals surface area contributed by atoms with Crippen LogP contribution in [-0.4, -0.2) is 42.2 Å². The second kappa shape index (κ2) is 7.75. The van der Waals surface area contributed by atoms with E-state index in [-0.39, 0.29) is 28.1 Å². The highest BCUT2D eigenvalue weighted by Crippen LogP contribution is 2.35. The monoisotopic (exact) mass is 512 g/mol. The molecular formula is C19H16BrF3N6OS. The molecule has 0 bridgehead atoms. The van der Waals surface area contributed by atoms with Gasteiger partial charge in [0, 0.05) is 31.9 Å². The Morgan fingerprint density at radius 3 is 2.68 bits per heavy atom. The fourth-order valence-electron chi connectivity index (χ4n) is 3.09. The quantitative estimate of drug-likeness (QED) is 0.402. The number of thiophene rings is 1. The second-order valence-electron chi connectivity index (χ2n) is 6.94. The lowest BCUT2D eigenvalue weighted by Crippen LogP contribution is -2.27. The van der Waals surface area contributed by atoms with Crippen LogP contribution in [0, 0.1) is 6.92 Å². The first-order chi connectivity index (χ1) is 14.6. The third-order valence-corrected chi connectivity index (χ3v) is 6.51. The first-order valence-electron chi connectivity index (χ1n) is 9.01. The van der Waals surface area contributed by atoms with Crippen LogP contribution in [0.1, 0.15) is 27.4 Å². The fourth-order valence-corrected chi connectivity index (χ4v) is 4.28. The van der Waals surface area contributed by atoms with Gasteiger partial charge in [-0.1, -0.05) is 6.07 Å². The van der Waals surface area contributed by atoms with Gasteiger partial charge in [-0.05, 0) is 40.4 Å². The molecule has 0 saturated carbocycles. The van der Waals surface area contributed by atoms with Crippen LogP contribution >= 0.6 is 27.3 Å². The minimum Gasteiger partial charge on any atom is -0.336 e. The van der Waals surface area contributed by atoms with Crippen LogP contribution in [0.25, 0.3) is 16.2 Å². The Morgan fingerprint density at radius 2 is 2.10 bits per heavy atom. The zero-order valence-electron chi connectivity index (χ0n) is 16.6. The molecule has 0 fully saturated rings. The van der Waals surface area contributed by atoms with E-state index in [4.69, 9.17) is 0 Å². The van der Waals surface area contributed by atoms with Crippen LogP contribution in [-0.2, 0) is 19.8 Å². The van der Waals surface area contributed by atoms with E-state index in [2.05, 4.69) is 31.1 Å². The van der Waals surface area contributed by atoms with Gasteiger partial charge in [0.15, 0.2) is 17.0 Å². The Bertz CT molecular complexity index is 1280. The Kier molecular flexibility index (Phi) is 5.38. The van der Waals surface area contributed by atoms with Crippen LogP contribution in [0.3, 0.4) is 0 Å². The van der Waals surface area contributed by atoms with Crippen molar-refractivity contribution in [3.63, 3.8) is 0 Å². The lowest BCUT2D eigenvalue weighted by molar-refractivity contribution is -0.142. The molecule has 0 aromatic carbocycles. The highest BCUT2D eigenvalue weighted by Gasteiger charge is 2.37. The molecule has 0 atom stereocenters. The number of hydrogen-bond donors (Lipinski definition) is 0. The minimum absolute atomic E-state index is 0.0764. The molecule has 0 spiro atoms. The number of halogens is 4. The molecule has 0 saturated heterocycles. The molecule has 0 N–H and O–H groups in total. The maximum absolute atomic E-state index is 13.8. The van der Waals surface area contributed by atoms with E-state index in [1.54, 1.807) is 42.5 Å². The summed E-state index contributed by atoms with van der Waals surface area (Å²) in [6.45, 7) is 2.10. The average molecular weight is 513 g/mol. The van der Waals surface area contributed by atoms with Crippen molar-refractivity contribution >= 4 is 38.8 Å². The van der Waals surface area contributed by atoms with Crippen molar-refractivity contribution < 1.29 is 18.0 Å². The summed E-state index contributed by atoms with van der Waals surface area (Å²) < 4.78 is 43.8. The molecular weight excluding hydrogens is 497 g/mol. The molecule has 7 nitrogen and oxygen atoms in total. The zero-order chi connectivity index (χ0) is 22.5. The van der Waals surface area contributed by atoms with Crippen molar-refractivity contribution in [2.24, 2.45) is 7.05 Å². The number of aromatic nitrogens is 5. The first-order valence-corrected chi connectivity index (χ1v) is 10.7. The average Bonchev–Trinajstić information content (AvgIpc) is 3.43. The minimum atomic E-state index is -4.68. The molecule has 0 aliphatic carbocycles. The van der Waals surface area contributed by atoms with E-state index in [9.17, 15) is 18.0 Å². The van der Waals surface area contributed by atoms with Crippen LogP contribution in [0.15, 0.2) is 34.2 Å². The third-order valence-electron chi connectivity index (χ3n) is 4.89. The largest absolute Gasteiger partial charge is 0.433 e. The topological polar surface area (TPSA) is 68.3 Å². The highest BCUT2D eigenvalue weighted by atomic mass is 79.9. The fraction of sp³-hybridized carbons (Fsp3) is 0.263. The van der Waals surface area contributed by atoms with Crippen LogP contribution in [0.4, 0.5) is 13.2 Å². The summed E-state index contributed by atoms with van der Waals surface area (Å²) in [5, 5.41) is 9.87. The number of fused-ring (bicyclic) bond motifs is 1. The zero-order valence-corrected chi connectivity index (χ0v) is 19.0. The molecule has 162 valence electrons. The van der Waals surface area contributed by atoms with Crippen molar-refractivity contribution in [1.29, 1.82) is 0 Å². The normalized spacial score (nSPS) is 12.0. The van der Waals surface area contributed by atoms with Crippen molar-refractivity contribution in [3.8, 4) is 10.6 Å². The van der Waals surface area contributed by atoms with E-state index in [1.807, 2.05) is 6.92 Å². The lowest BCUT2D eigenvalue weighted by atomic mass is 10.2. The Morgan fingerprint density at radius 1 is 1.35 bits per heavy atom. The molecule has 0 radical (unpaired) electrons. The van der Waals surface area contributed by atoms with Gasteiger partial charge in [-0.25, -0.2) is 9.50 Å². The smallest absolute Gasteiger partial charge is 0.336 e. The van der Waals surface area contributed by atoms with Crippen LogP contribution < -0.4 is 0 Å². The van der Waals surface area contributed by atoms with Crippen molar-refractivity contribution in [3.05, 3.63) is 56.9 Å². The Balaban J connectivity index is 1.79. The van der Waals surface area contributed by atoms with Gasteiger partial charge in [0.05, 0.1) is 21.2 Å². The predicted octanol–water partition coefficient (Wildman–Crippen LogP) is 4.55. The van der Waals surface area contributed by atoms with Gasteiger partial charge < -0.3 is 4.90 Å². The number of aryl methyl sites for hydroxylation is 1. The van der Waals surface area contributed by atoms with Gasteiger partial charge >= 0.3 is 6.18 Å². The van der Waals surface area contributed by atoms with Gasteiger partial charge in [-0.15, -0.1) is 11.3 Å². The molecule has 0 aliphatic rings. The third kappa shape index (κ3) is 3.85. The molecule has 0 unspecified atom stereocenters. The van der Waals surface area contributed by atoms with Crippen LogP contribution in [0.5, 0.6) is 0 Å². The van der Waals surface area contributed by atoms with E-state index in [0.717, 1.165) is 17.3 Å². The summed E-state index contributed by atoms with van der Waals surface area (Å²) in [5.41, 5.74) is 0.640. The van der Waals surface area contributed by atoms with Gasteiger partial charge in [-0.2, -0.15) is 23.4 Å². The summed E-state index contributed by atoms with van der Waals surface area (Å²) in [4.78, 5) is 19.3. The number of alkyl halides is 3. The second-order valence-corrected chi connectivity index (χ2v) is 8.68. The summed E-state index contributed by atoms with van der Waals surface area (Å²) in [6, 6.07) is 4.36. The van der Waals surface area contributed by atoms with Gasteiger partial charge in [-0.3, -0.25) is 9.48 Å². The lowest BCUT2D eigenvalue weighted by Gasteiger charge is -2.15. The molecule has 0 aliphatic heterocycles. The molecule has 31 heavy (non-hydrogen) atoms. The molecule has 4 heterocycles. The van der Waals surface area contributed by atoms with Crippen molar-refractivity contribution in [2.45, 2.75) is 19.6 Å². The predicted molar refractivity (Wildman–Crippen MR) is 113 cm³/mol. The Labute approximate surface area is 187 Å². The molecule has 4 rings (SSSR count). The van der Waals surface area contributed by atoms with Crippen molar-refractivity contribution in [2.75, 3.05) is 7.05 Å². The molecule has 1 amide bonds. The maximum atomic E-state index is 13.8. The van der Waals surface area contributed by atoms with Gasteiger partial charge in [0.2, 0.25) is 0 Å². The number of carbonyl (C=O) groups excluding carboxylic acids is 1. The highest BCUT2D eigenvalue weighted by molar-refractivity contribution is 9.10. The maximum Gasteiger partial charge on any atom is 0.433 e. The van der Waals surface area contributed by atoms with Gasteiger partial charge in [0.25, 0.3) is 5.91 Å². The number of hydrogen-bond acceptors (Lipinski definition) is 5. The number of amides is 1. The van der Waals surface area contributed by atoms with Crippen LogP contribution in [0.2, 0.25) is 0 Å². The number of rotatable bonds is 4. The first kappa shape index (κ1) is 21.5. The van der Waals surface area contributed by atoms with Gasteiger partial charge in [0.1, 0.15) is 0 Å². The summed E-state index contributed by atoms with van der Waals surface area (Å²) in [7, 11) is 3.34. The molecule has 4 aromatic rings. The molecule has 4 aromatic heterocycles. The SMILES string of the molecule is Cc1c(CN(C)C(=O)c2nn3c(C(F)(F)F)cc(-c4cccs4)nc3c2Br)cnn1C.